The molecule has 0 radical (unpaired) electrons. The lowest BCUT2D eigenvalue weighted by molar-refractivity contribution is -0.132. The number of hydrogen-bond acceptors (Lipinski definition) is 3. The van der Waals surface area contributed by atoms with Crippen LogP contribution in [0, 0.1) is 12.8 Å². The number of rotatable bonds is 7. The molecule has 1 saturated heterocycles. The lowest BCUT2D eigenvalue weighted by atomic mass is 9.96. The molecule has 3 rings (SSSR count). The van der Waals surface area contributed by atoms with Crippen molar-refractivity contribution < 1.29 is 4.79 Å². The van der Waals surface area contributed by atoms with Crippen molar-refractivity contribution in [1.29, 1.82) is 0 Å². The second kappa shape index (κ2) is 8.99. The summed E-state index contributed by atoms with van der Waals surface area (Å²) in [5.74, 6) is 0.772. The molecule has 1 amide bonds. The Bertz CT molecular complexity index is 689. The summed E-state index contributed by atoms with van der Waals surface area (Å²) in [6, 6.07) is 12.4. The number of hydrogen-bond donors (Lipinski definition) is 0. The summed E-state index contributed by atoms with van der Waals surface area (Å²) >= 11 is 0. The van der Waals surface area contributed by atoms with E-state index in [1.54, 1.807) is 4.68 Å². The number of carbonyl (C=O) groups excluding carboxylic acids is 1. The Morgan fingerprint density at radius 1 is 1.19 bits per heavy atom. The predicted molar refractivity (Wildman–Crippen MR) is 104 cm³/mol. The molecule has 0 N–H and O–H groups in total. The fourth-order valence-corrected chi connectivity index (χ4v) is 3.57. The van der Waals surface area contributed by atoms with Crippen LogP contribution in [-0.4, -0.2) is 58.7 Å². The molecule has 5 nitrogen and oxygen atoms in total. The van der Waals surface area contributed by atoms with E-state index in [4.69, 9.17) is 0 Å². The first kappa shape index (κ1) is 18.6. The monoisotopic (exact) mass is 354 g/mol. The van der Waals surface area contributed by atoms with Gasteiger partial charge in [-0.3, -0.25) is 9.48 Å². The molecule has 0 unspecified atom stereocenters. The van der Waals surface area contributed by atoms with Gasteiger partial charge in [0.25, 0.3) is 0 Å². The van der Waals surface area contributed by atoms with E-state index in [9.17, 15) is 4.79 Å². The van der Waals surface area contributed by atoms with Crippen LogP contribution in [0.25, 0.3) is 0 Å². The van der Waals surface area contributed by atoms with Crippen LogP contribution in [0.15, 0.2) is 42.6 Å². The predicted octanol–water partition coefficient (Wildman–Crippen LogP) is 2.60. The fourth-order valence-electron chi connectivity index (χ4n) is 3.57. The second-order valence-electron chi connectivity index (χ2n) is 7.48. The van der Waals surface area contributed by atoms with Crippen molar-refractivity contribution in [3.63, 3.8) is 0 Å². The van der Waals surface area contributed by atoms with E-state index in [-0.39, 0.29) is 5.91 Å². The zero-order valence-electron chi connectivity index (χ0n) is 16.0. The standard InChI is InChI=1S/C21H30N4O/c1-18-8-15-25(22-18)17-21(26)24(14-11-19-6-4-3-5-7-19)16-20-9-12-23(2)13-10-20/h3-8,15,20H,9-14,16-17H2,1-2H3. The largest absolute Gasteiger partial charge is 0.340 e. The van der Waals surface area contributed by atoms with Crippen LogP contribution in [0.5, 0.6) is 0 Å². The van der Waals surface area contributed by atoms with E-state index in [1.165, 1.54) is 18.4 Å². The zero-order valence-corrected chi connectivity index (χ0v) is 16.0. The van der Waals surface area contributed by atoms with Crippen molar-refractivity contribution in [2.24, 2.45) is 5.92 Å². The average molecular weight is 354 g/mol. The second-order valence-corrected chi connectivity index (χ2v) is 7.48. The topological polar surface area (TPSA) is 41.4 Å². The number of likely N-dealkylation sites (tertiary alicyclic amines) is 1. The SMILES string of the molecule is Cc1ccn(CC(=O)N(CCc2ccccc2)CC2CCN(C)CC2)n1. The molecule has 1 aromatic carbocycles. The number of nitrogens with zero attached hydrogens (tertiary/aromatic N) is 4. The molecular weight excluding hydrogens is 324 g/mol. The first-order chi connectivity index (χ1) is 12.6. The van der Waals surface area contributed by atoms with Gasteiger partial charge in [-0.1, -0.05) is 30.3 Å². The van der Waals surface area contributed by atoms with Gasteiger partial charge in [0, 0.05) is 19.3 Å². The van der Waals surface area contributed by atoms with Crippen molar-refractivity contribution in [3.8, 4) is 0 Å². The highest BCUT2D eigenvalue weighted by molar-refractivity contribution is 5.76. The Hall–Kier alpha value is -2.14. The van der Waals surface area contributed by atoms with Crippen LogP contribution in [0.3, 0.4) is 0 Å². The van der Waals surface area contributed by atoms with Crippen LogP contribution in [0.1, 0.15) is 24.1 Å². The Morgan fingerprint density at radius 3 is 2.58 bits per heavy atom. The summed E-state index contributed by atoms with van der Waals surface area (Å²) < 4.78 is 1.75. The van der Waals surface area contributed by atoms with Crippen LogP contribution >= 0.6 is 0 Å². The minimum atomic E-state index is 0.169. The Balaban J connectivity index is 1.62. The van der Waals surface area contributed by atoms with Gasteiger partial charge in [0.1, 0.15) is 6.54 Å². The minimum absolute atomic E-state index is 0.169. The number of amides is 1. The van der Waals surface area contributed by atoms with E-state index < -0.39 is 0 Å². The maximum atomic E-state index is 12.9. The third-order valence-electron chi connectivity index (χ3n) is 5.25. The van der Waals surface area contributed by atoms with Gasteiger partial charge in [-0.25, -0.2) is 0 Å². The van der Waals surface area contributed by atoms with E-state index in [2.05, 4.69) is 46.2 Å². The molecule has 140 valence electrons. The van der Waals surface area contributed by atoms with Crippen molar-refractivity contribution in [2.75, 3.05) is 33.2 Å². The van der Waals surface area contributed by atoms with Crippen molar-refractivity contribution in [2.45, 2.75) is 32.7 Å². The Labute approximate surface area is 156 Å². The highest BCUT2D eigenvalue weighted by atomic mass is 16.2. The maximum absolute atomic E-state index is 12.9. The van der Waals surface area contributed by atoms with Gasteiger partial charge in [-0.2, -0.15) is 5.10 Å². The van der Waals surface area contributed by atoms with Crippen LogP contribution in [0.2, 0.25) is 0 Å². The zero-order chi connectivity index (χ0) is 18.4. The molecule has 2 heterocycles. The highest BCUT2D eigenvalue weighted by Gasteiger charge is 2.22. The molecular formula is C21H30N4O. The van der Waals surface area contributed by atoms with Gasteiger partial charge in [-0.05, 0) is 63.9 Å². The molecule has 1 aliphatic rings. The molecule has 0 aliphatic carbocycles. The maximum Gasteiger partial charge on any atom is 0.244 e. The van der Waals surface area contributed by atoms with Crippen LogP contribution in [-0.2, 0) is 17.8 Å². The number of aromatic nitrogens is 2. The van der Waals surface area contributed by atoms with Crippen LogP contribution < -0.4 is 0 Å². The van der Waals surface area contributed by atoms with Crippen LogP contribution in [0.4, 0.5) is 0 Å². The summed E-state index contributed by atoms with van der Waals surface area (Å²) in [5, 5.41) is 4.37. The Morgan fingerprint density at radius 2 is 1.92 bits per heavy atom. The molecule has 0 bridgehead atoms. The lowest BCUT2D eigenvalue weighted by Gasteiger charge is -2.33. The molecule has 5 heteroatoms. The molecule has 26 heavy (non-hydrogen) atoms. The van der Waals surface area contributed by atoms with Crippen molar-refractivity contribution in [3.05, 3.63) is 53.9 Å². The number of piperidine rings is 1. The summed E-state index contributed by atoms with van der Waals surface area (Å²) in [6.45, 7) is 6.17. The van der Waals surface area contributed by atoms with Gasteiger partial charge >= 0.3 is 0 Å². The molecule has 1 aromatic heterocycles. The van der Waals surface area contributed by atoms with Gasteiger partial charge in [0.2, 0.25) is 5.91 Å². The average Bonchev–Trinajstić information content (AvgIpc) is 3.05. The quantitative estimate of drug-likeness (QED) is 0.767. The molecule has 0 spiro atoms. The fraction of sp³-hybridized carbons (Fsp3) is 0.524. The molecule has 0 saturated carbocycles. The number of benzene rings is 1. The summed E-state index contributed by atoms with van der Waals surface area (Å²) in [4.78, 5) is 17.4. The minimum Gasteiger partial charge on any atom is -0.340 e. The molecule has 0 atom stereocenters. The molecule has 2 aromatic rings. The first-order valence-corrected chi connectivity index (χ1v) is 9.60. The van der Waals surface area contributed by atoms with Crippen molar-refractivity contribution in [1.82, 2.24) is 19.6 Å². The van der Waals surface area contributed by atoms with E-state index in [0.29, 0.717) is 12.5 Å². The van der Waals surface area contributed by atoms with Gasteiger partial charge in [0.15, 0.2) is 0 Å². The highest BCUT2D eigenvalue weighted by Crippen LogP contribution is 2.18. The van der Waals surface area contributed by atoms with Gasteiger partial charge in [-0.15, -0.1) is 0 Å². The van der Waals surface area contributed by atoms with Gasteiger partial charge < -0.3 is 9.80 Å². The smallest absolute Gasteiger partial charge is 0.244 e. The van der Waals surface area contributed by atoms with E-state index in [0.717, 1.165) is 38.3 Å². The summed E-state index contributed by atoms with van der Waals surface area (Å²) in [6.07, 6.45) is 5.13. The number of carbonyl (C=O) groups is 1. The Kier molecular flexibility index (Phi) is 6.45. The normalized spacial score (nSPS) is 15.9. The van der Waals surface area contributed by atoms with E-state index in [1.807, 2.05) is 25.3 Å². The summed E-state index contributed by atoms with van der Waals surface area (Å²) in [5.41, 5.74) is 2.23. The summed E-state index contributed by atoms with van der Waals surface area (Å²) in [7, 11) is 2.18. The number of aryl methyl sites for hydroxylation is 1. The first-order valence-electron chi connectivity index (χ1n) is 9.60. The molecule has 1 aliphatic heterocycles. The van der Waals surface area contributed by atoms with E-state index >= 15 is 0 Å². The third kappa shape index (κ3) is 5.43. The third-order valence-corrected chi connectivity index (χ3v) is 5.25. The van der Waals surface area contributed by atoms with Gasteiger partial charge in [0.05, 0.1) is 5.69 Å². The molecule has 1 fully saturated rings. The lowest BCUT2D eigenvalue weighted by Crippen LogP contribution is -2.42. The van der Waals surface area contributed by atoms with Crippen molar-refractivity contribution >= 4 is 5.91 Å².